The highest BCUT2D eigenvalue weighted by Crippen LogP contribution is 2.22. The van der Waals surface area contributed by atoms with Crippen LogP contribution in [0.1, 0.15) is 25.0 Å². The smallest absolute Gasteiger partial charge is 0.356 e. The van der Waals surface area contributed by atoms with E-state index in [9.17, 15) is 9.90 Å². The van der Waals surface area contributed by atoms with Crippen molar-refractivity contribution in [1.29, 1.82) is 0 Å². The van der Waals surface area contributed by atoms with Gasteiger partial charge in [-0.3, -0.25) is 4.98 Å². The Hall–Kier alpha value is -2.84. The Morgan fingerprint density at radius 3 is 2.77 bits per heavy atom. The van der Waals surface area contributed by atoms with Gasteiger partial charge in [0, 0.05) is 18.4 Å². The molecule has 140 valence electrons. The summed E-state index contributed by atoms with van der Waals surface area (Å²) >= 11 is 0. The summed E-state index contributed by atoms with van der Waals surface area (Å²) in [6.07, 6.45) is 6.72. The largest absolute Gasteiger partial charge is 0.464 e. The number of hydrogen-bond donors (Lipinski definition) is 1. The molecule has 1 heterocycles. The molecule has 0 aliphatic heterocycles. The highest BCUT2D eigenvalue weighted by Gasteiger charge is 2.12. The zero-order valence-corrected chi connectivity index (χ0v) is 15.3. The van der Waals surface area contributed by atoms with Crippen LogP contribution in [0.3, 0.4) is 0 Å². The molecule has 0 radical (unpaired) electrons. The number of ether oxygens (including phenoxy) is 3. The normalized spacial score (nSPS) is 13.6. The first kappa shape index (κ1) is 21.2. The fraction of sp³-hybridized carbons (Fsp3) is 0.333. The van der Waals surface area contributed by atoms with Crippen LogP contribution in [-0.4, -0.2) is 48.8 Å². The van der Waals surface area contributed by atoms with Crippen LogP contribution in [0.5, 0.6) is 5.75 Å². The number of aromatic nitrogens is 1. The van der Waals surface area contributed by atoms with Crippen LogP contribution in [-0.2, 0) is 14.3 Å². The lowest BCUT2D eigenvalue weighted by Gasteiger charge is -2.10. The average molecular weight is 361 g/mol. The number of pyridine rings is 1. The number of amidine groups is 1. The van der Waals surface area contributed by atoms with Crippen LogP contribution in [0.25, 0.3) is 6.08 Å². The molecule has 8 heteroatoms. The monoisotopic (exact) mass is 361 g/mol. The van der Waals surface area contributed by atoms with Crippen molar-refractivity contribution in [2.45, 2.75) is 27.1 Å². The highest BCUT2D eigenvalue weighted by atomic mass is 16.6. The minimum Gasteiger partial charge on any atom is -0.464 e. The molecule has 1 aromatic heterocycles. The van der Waals surface area contributed by atoms with Crippen LogP contribution in [0.2, 0.25) is 0 Å². The van der Waals surface area contributed by atoms with E-state index in [4.69, 9.17) is 9.47 Å². The standard InChI is InChI=1S/C18H23N3O5/c1-6-14(17(23)24-5)21-18(19-4)26-15-11-20-10-13(12(15)3)8-9-16(22)25-7-2/h6,8-11,16,22H,4,7H2,1-3,5H3/b9-8+,14-6-,21-18+/t16-/m0/s1. The third-order valence-electron chi connectivity index (χ3n) is 3.21. The van der Waals surface area contributed by atoms with Crippen molar-refractivity contribution in [2.75, 3.05) is 13.7 Å². The Bertz CT molecular complexity index is 726. The fourth-order valence-electron chi connectivity index (χ4n) is 1.83. The first-order chi connectivity index (χ1) is 12.5. The minimum absolute atomic E-state index is 0.0383. The van der Waals surface area contributed by atoms with E-state index in [0.717, 1.165) is 5.56 Å². The predicted molar refractivity (Wildman–Crippen MR) is 99.0 cm³/mol. The molecule has 8 nitrogen and oxygen atoms in total. The molecular weight excluding hydrogens is 338 g/mol. The number of esters is 1. The number of carbonyl (C=O) groups is 1. The molecule has 1 aromatic rings. The summed E-state index contributed by atoms with van der Waals surface area (Å²) in [7, 11) is 1.25. The van der Waals surface area contributed by atoms with Gasteiger partial charge in [0.15, 0.2) is 12.0 Å². The number of allylic oxidation sites excluding steroid dienone is 1. The summed E-state index contributed by atoms with van der Waals surface area (Å²) < 4.78 is 15.3. The van der Waals surface area contributed by atoms with E-state index < -0.39 is 12.3 Å². The van der Waals surface area contributed by atoms with Gasteiger partial charge in [0.2, 0.25) is 0 Å². The summed E-state index contributed by atoms with van der Waals surface area (Å²) in [6, 6.07) is -0.121. The van der Waals surface area contributed by atoms with Crippen LogP contribution in [0.4, 0.5) is 0 Å². The molecule has 0 aliphatic rings. The SMILES string of the molecule is C=N/C(=N\C(=C/C)C(=O)OC)Oc1cncc(/C=C/[C@@H](O)OCC)c1C. The van der Waals surface area contributed by atoms with E-state index >= 15 is 0 Å². The maximum atomic E-state index is 11.6. The van der Waals surface area contributed by atoms with Crippen LogP contribution >= 0.6 is 0 Å². The van der Waals surface area contributed by atoms with Crippen molar-refractivity contribution in [3.05, 3.63) is 41.4 Å². The van der Waals surface area contributed by atoms with E-state index in [1.807, 2.05) is 0 Å². The molecule has 0 unspecified atom stereocenters. The molecule has 0 saturated heterocycles. The zero-order chi connectivity index (χ0) is 19.5. The second kappa shape index (κ2) is 10.9. The molecule has 0 bridgehead atoms. The van der Waals surface area contributed by atoms with E-state index in [2.05, 4.69) is 26.4 Å². The second-order valence-corrected chi connectivity index (χ2v) is 4.88. The van der Waals surface area contributed by atoms with Gasteiger partial charge in [-0.05, 0) is 39.1 Å². The lowest BCUT2D eigenvalue weighted by atomic mass is 10.1. The highest BCUT2D eigenvalue weighted by molar-refractivity contribution is 5.92. The van der Waals surface area contributed by atoms with Crippen LogP contribution in [0.15, 0.2) is 40.2 Å². The Morgan fingerprint density at radius 2 is 2.19 bits per heavy atom. The topological polar surface area (TPSA) is 103 Å². The molecule has 1 N–H and O–H groups in total. The van der Waals surface area contributed by atoms with Crippen molar-refractivity contribution >= 4 is 24.8 Å². The molecule has 1 rings (SSSR count). The van der Waals surface area contributed by atoms with Gasteiger partial charge in [-0.2, -0.15) is 4.99 Å². The summed E-state index contributed by atoms with van der Waals surface area (Å²) in [5.74, 6) is -0.238. The Balaban J connectivity index is 3.07. The number of hydrogen-bond acceptors (Lipinski definition) is 7. The summed E-state index contributed by atoms with van der Waals surface area (Å²) in [5.41, 5.74) is 1.48. The van der Waals surface area contributed by atoms with Gasteiger partial charge in [-0.15, -0.1) is 0 Å². The Morgan fingerprint density at radius 1 is 1.46 bits per heavy atom. The average Bonchev–Trinajstić information content (AvgIpc) is 2.65. The van der Waals surface area contributed by atoms with Gasteiger partial charge in [0.25, 0.3) is 0 Å². The van der Waals surface area contributed by atoms with Gasteiger partial charge < -0.3 is 19.3 Å². The lowest BCUT2D eigenvalue weighted by Crippen LogP contribution is -2.11. The van der Waals surface area contributed by atoms with E-state index in [1.54, 1.807) is 33.0 Å². The zero-order valence-electron chi connectivity index (χ0n) is 15.3. The maximum absolute atomic E-state index is 11.6. The molecule has 0 aromatic carbocycles. The first-order valence-electron chi connectivity index (χ1n) is 7.87. The number of aliphatic hydroxyl groups excluding tert-OH is 1. The Labute approximate surface area is 152 Å². The first-order valence-corrected chi connectivity index (χ1v) is 7.87. The van der Waals surface area contributed by atoms with Gasteiger partial charge >= 0.3 is 12.0 Å². The number of nitrogens with zero attached hydrogens (tertiary/aromatic N) is 3. The van der Waals surface area contributed by atoms with Gasteiger partial charge in [0.1, 0.15) is 5.70 Å². The van der Waals surface area contributed by atoms with E-state index in [-0.39, 0.29) is 11.7 Å². The number of aliphatic imine (C=N–C) groups is 2. The summed E-state index contributed by atoms with van der Waals surface area (Å²) in [6.45, 7) is 9.02. The molecular formula is C18H23N3O5. The third-order valence-corrected chi connectivity index (χ3v) is 3.21. The van der Waals surface area contributed by atoms with Crippen molar-refractivity contribution < 1.29 is 24.1 Å². The van der Waals surface area contributed by atoms with Gasteiger partial charge in [-0.25, -0.2) is 9.79 Å². The van der Waals surface area contributed by atoms with Crippen LogP contribution in [0, 0.1) is 6.92 Å². The van der Waals surface area contributed by atoms with E-state index in [1.165, 1.54) is 25.5 Å². The number of rotatable bonds is 7. The summed E-state index contributed by atoms with van der Waals surface area (Å²) in [4.78, 5) is 23.4. The maximum Gasteiger partial charge on any atom is 0.356 e. The fourth-order valence-corrected chi connectivity index (χ4v) is 1.83. The predicted octanol–water partition coefficient (Wildman–Crippen LogP) is 2.27. The molecule has 0 saturated carbocycles. The minimum atomic E-state index is -1.01. The van der Waals surface area contributed by atoms with Gasteiger partial charge in [-0.1, -0.05) is 12.2 Å². The molecule has 1 atom stereocenters. The molecule has 0 aliphatic carbocycles. The molecule has 0 fully saturated rings. The van der Waals surface area contributed by atoms with Crippen molar-refractivity contribution in [3.63, 3.8) is 0 Å². The molecule has 26 heavy (non-hydrogen) atoms. The second-order valence-electron chi connectivity index (χ2n) is 4.88. The number of methoxy groups -OCH3 is 1. The van der Waals surface area contributed by atoms with Crippen molar-refractivity contribution in [3.8, 4) is 5.75 Å². The lowest BCUT2D eigenvalue weighted by molar-refractivity contribution is -0.136. The summed E-state index contributed by atoms with van der Waals surface area (Å²) in [5, 5.41) is 9.60. The van der Waals surface area contributed by atoms with Crippen LogP contribution < -0.4 is 4.74 Å². The van der Waals surface area contributed by atoms with Crippen molar-refractivity contribution in [2.24, 2.45) is 9.98 Å². The van der Waals surface area contributed by atoms with E-state index in [0.29, 0.717) is 17.9 Å². The quantitative estimate of drug-likeness (QED) is 0.263. The molecule has 0 spiro atoms. The molecule has 0 amide bonds. The third kappa shape index (κ3) is 6.23. The Kier molecular flexibility index (Phi) is 8.90. The number of aliphatic hydroxyl groups is 1. The van der Waals surface area contributed by atoms with Crippen molar-refractivity contribution in [1.82, 2.24) is 4.98 Å². The van der Waals surface area contributed by atoms with Gasteiger partial charge in [0.05, 0.1) is 13.3 Å². The number of carbonyl (C=O) groups excluding carboxylic acids is 1.